The highest BCUT2D eigenvalue weighted by molar-refractivity contribution is 5.87. The molecule has 1 nitrogen and oxygen atoms in total. The van der Waals surface area contributed by atoms with E-state index in [0.717, 1.165) is 10.8 Å². The fraction of sp³-hybridized carbons (Fsp3) is 0.412. The van der Waals surface area contributed by atoms with Crippen LogP contribution in [0.2, 0.25) is 0 Å². The minimum absolute atomic E-state index is 0.350. The van der Waals surface area contributed by atoms with Crippen molar-refractivity contribution in [2.75, 3.05) is 0 Å². The van der Waals surface area contributed by atoms with Crippen LogP contribution in [0.4, 0.5) is 0 Å². The lowest BCUT2D eigenvalue weighted by atomic mass is 10.0. The molecule has 0 spiro atoms. The Kier molecular flexibility index (Phi) is 7.11. The minimum atomic E-state index is 0.350. The summed E-state index contributed by atoms with van der Waals surface area (Å²) in [5.41, 5.74) is 0.500. The second-order valence-corrected chi connectivity index (χ2v) is 5.50. The zero-order valence-corrected chi connectivity index (χ0v) is 12.5. The SMILES string of the molecule is CC.CC(C)(C)C.Oc1cccc2ccccc12. The van der Waals surface area contributed by atoms with Gasteiger partial charge >= 0.3 is 0 Å². The van der Waals surface area contributed by atoms with E-state index >= 15 is 0 Å². The van der Waals surface area contributed by atoms with Crippen molar-refractivity contribution in [1.29, 1.82) is 0 Å². The van der Waals surface area contributed by atoms with Gasteiger partial charge in [-0.2, -0.15) is 0 Å². The third-order valence-electron chi connectivity index (χ3n) is 1.77. The first-order chi connectivity index (χ1) is 8.38. The Labute approximate surface area is 111 Å². The van der Waals surface area contributed by atoms with Crippen LogP contribution >= 0.6 is 0 Å². The first kappa shape index (κ1) is 16.5. The van der Waals surface area contributed by atoms with Gasteiger partial charge in [0.15, 0.2) is 0 Å². The van der Waals surface area contributed by atoms with E-state index in [9.17, 15) is 5.11 Å². The number of benzene rings is 2. The summed E-state index contributed by atoms with van der Waals surface area (Å²) in [6.07, 6.45) is 0. The van der Waals surface area contributed by atoms with Crippen LogP contribution in [0.25, 0.3) is 10.8 Å². The Bertz CT molecular complexity index is 441. The van der Waals surface area contributed by atoms with Gasteiger partial charge in [0.05, 0.1) is 0 Å². The van der Waals surface area contributed by atoms with Gasteiger partial charge in [-0.1, -0.05) is 77.9 Å². The maximum Gasteiger partial charge on any atom is 0.123 e. The lowest BCUT2D eigenvalue weighted by Crippen LogP contribution is -1.93. The van der Waals surface area contributed by atoms with Crippen molar-refractivity contribution in [1.82, 2.24) is 0 Å². The molecule has 0 aliphatic heterocycles. The van der Waals surface area contributed by atoms with Gasteiger partial charge in [0.25, 0.3) is 0 Å². The normalized spacial score (nSPS) is 9.89. The molecular formula is C17H26O. The zero-order valence-electron chi connectivity index (χ0n) is 12.5. The van der Waals surface area contributed by atoms with Crippen LogP contribution in [0.3, 0.4) is 0 Å². The van der Waals surface area contributed by atoms with E-state index in [4.69, 9.17) is 0 Å². The molecule has 18 heavy (non-hydrogen) atoms. The molecular weight excluding hydrogens is 220 g/mol. The molecule has 0 saturated heterocycles. The largest absolute Gasteiger partial charge is 0.507 e. The summed E-state index contributed by atoms with van der Waals surface area (Å²) in [5.74, 6) is 0.350. The number of hydrogen-bond donors (Lipinski definition) is 1. The third kappa shape index (κ3) is 6.95. The van der Waals surface area contributed by atoms with Gasteiger partial charge in [0.1, 0.15) is 5.75 Å². The highest BCUT2D eigenvalue weighted by Crippen LogP contribution is 2.22. The molecule has 2 aromatic carbocycles. The van der Waals surface area contributed by atoms with Crippen molar-refractivity contribution in [3.8, 4) is 5.75 Å². The smallest absolute Gasteiger partial charge is 0.123 e. The van der Waals surface area contributed by atoms with Crippen molar-refractivity contribution in [3.05, 3.63) is 42.5 Å². The Morgan fingerprint density at radius 2 is 1.22 bits per heavy atom. The third-order valence-corrected chi connectivity index (χ3v) is 1.77. The molecule has 1 heteroatoms. The van der Waals surface area contributed by atoms with Crippen LogP contribution in [-0.2, 0) is 0 Å². The molecule has 0 aliphatic rings. The van der Waals surface area contributed by atoms with Crippen LogP contribution in [0.15, 0.2) is 42.5 Å². The van der Waals surface area contributed by atoms with E-state index in [1.165, 1.54) is 0 Å². The summed E-state index contributed by atoms with van der Waals surface area (Å²) in [6.45, 7) is 12.8. The summed E-state index contributed by atoms with van der Waals surface area (Å²) < 4.78 is 0. The van der Waals surface area contributed by atoms with Crippen molar-refractivity contribution in [3.63, 3.8) is 0 Å². The Morgan fingerprint density at radius 3 is 1.72 bits per heavy atom. The predicted octanol–water partition coefficient (Wildman–Crippen LogP) is 5.62. The van der Waals surface area contributed by atoms with Crippen molar-refractivity contribution in [2.24, 2.45) is 5.41 Å². The number of rotatable bonds is 0. The molecule has 0 atom stereocenters. The number of phenolic OH excluding ortho intramolecular Hbond substituents is 1. The van der Waals surface area contributed by atoms with E-state index < -0.39 is 0 Å². The monoisotopic (exact) mass is 246 g/mol. The van der Waals surface area contributed by atoms with Crippen molar-refractivity contribution in [2.45, 2.75) is 41.5 Å². The molecule has 0 bridgehead atoms. The second kappa shape index (κ2) is 7.75. The van der Waals surface area contributed by atoms with Gasteiger partial charge in [0.2, 0.25) is 0 Å². The highest BCUT2D eigenvalue weighted by Gasteiger charge is 1.95. The first-order valence-corrected chi connectivity index (χ1v) is 6.54. The number of hydrogen-bond acceptors (Lipinski definition) is 1. The molecule has 1 N–H and O–H groups in total. The molecule has 0 fully saturated rings. The standard InChI is InChI=1S/C10H8O.C5H12.C2H6/c11-10-7-3-5-8-4-1-2-6-9(8)10;1-5(2,3)4;1-2/h1-7,11H;1-4H3;1-2H3. The maximum atomic E-state index is 9.37. The predicted molar refractivity (Wildman–Crippen MR) is 82.1 cm³/mol. The molecule has 0 aliphatic carbocycles. The van der Waals surface area contributed by atoms with Gasteiger partial charge in [-0.25, -0.2) is 0 Å². The van der Waals surface area contributed by atoms with E-state index in [1.54, 1.807) is 6.07 Å². The minimum Gasteiger partial charge on any atom is -0.507 e. The lowest BCUT2D eigenvalue weighted by Gasteiger charge is -2.05. The molecule has 0 amide bonds. The second-order valence-electron chi connectivity index (χ2n) is 5.50. The quantitative estimate of drug-likeness (QED) is 0.639. The summed E-state index contributed by atoms with van der Waals surface area (Å²) in [5, 5.41) is 11.4. The number of phenols is 1. The lowest BCUT2D eigenvalue weighted by molar-refractivity contribution is 0.469. The fourth-order valence-electron chi connectivity index (χ4n) is 1.21. The van der Waals surface area contributed by atoms with Gasteiger partial charge in [-0.05, 0) is 16.9 Å². The molecule has 2 aromatic rings. The van der Waals surface area contributed by atoms with Gasteiger partial charge < -0.3 is 5.11 Å². The highest BCUT2D eigenvalue weighted by atomic mass is 16.3. The van der Waals surface area contributed by atoms with Crippen molar-refractivity contribution < 1.29 is 5.11 Å². The van der Waals surface area contributed by atoms with Crippen molar-refractivity contribution >= 4 is 10.8 Å². The first-order valence-electron chi connectivity index (χ1n) is 6.54. The maximum absolute atomic E-state index is 9.37. The van der Waals surface area contributed by atoms with E-state index in [0.29, 0.717) is 11.2 Å². The molecule has 0 aromatic heterocycles. The number of fused-ring (bicyclic) bond motifs is 1. The Balaban J connectivity index is 0.000000354. The number of aromatic hydroxyl groups is 1. The summed E-state index contributed by atoms with van der Waals surface area (Å²) in [6, 6.07) is 13.3. The molecule has 0 radical (unpaired) electrons. The van der Waals surface area contributed by atoms with Gasteiger partial charge in [0, 0.05) is 5.39 Å². The molecule has 100 valence electrons. The zero-order chi connectivity index (χ0) is 14.2. The average molecular weight is 246 g/mol. The molecule has 2 rings (SSSR count). The average Bonchev–Trinajstić information content (AvgIpc) is 2.30. The summed E-state index contributed by atoms with van der Waals surface area (Å²) in [7, 11) is 0. The molecule has 0 unspecified atom stereocenters. The van der Waals surface area contributed by atoms with Gasteiger partial charge in [-0.3, -0.25) is 0 Å². The van der Waals surface area contributed by atoms with Crippen LogP contribution in [0, 0.1) is 5.41 Å². The summed E-state index contributed by atoms with van der Waals surface area (Å²) in [4.78, 5) is 0. The van der Waals surface area contributed by atoms with E-state index in [-0.39, 0.29) is 0 Å². The molecule has 0 heterocycles. The van der Waals surface area contributed by atoms with Crippen LogP contribution in [0.5, 0.6) is 5.75 Å². The van der Waals surface area contributed by atoms with Crippen LogP contribution in [-0.4, -0.2) is 5.11 Å². The van der Waals surface area contributed by atoms with E-state index in [2.05, 4.69) is 27.7 Å². The van der Waals surface area contributed by atoms with Crippen LogP contribution in [0.1, 0.15) is 41.5 Å². The topological polar surface area (TPSA) is 20.2 Å². The van der Waals surface area contributed by atoms with Crippen LogP contribution < -0.4 is 0 Å². The summed E-state index contributed by atoms with van der Waals surface area (Å²) >= 11 is 0. The van der Waals surface area contributed by atoms with E-state index in [1.807, 2.05) is 50.2 Å². The Hall–Kier alpha value is -1.50. The molecule has 0 saturated carbocycles. The fourth-order valence-corrected chi connectivity index (χ4v) is 1.21. The Morgan fingerprint density at radius 1 is 0.778 bits per heavy atom. The van der Waals surface area contributed by atoms with Gasteiger partial charge in [-0.15, -0.1) is 0 Å².